The highest BCUT2D eigenvalue weighted by Crippen LogP contribution is 2.26. The summed E-state index contributed by atoms with van der Waals surface area (Å²) in [4.78, 5) is 29.0. The number of rotatable bonds is 10. The van der Waals surface area contributed by atoms with Gasteiger partial charge in [-0.15, -0.1) is 0 Å². The monoisotopic (exact) mass is 595 g/mol. The van der Waals surface area contributed by atoms with Crippen LogP contribution in [-0.4, -0.2) is 43.8 Å². The van der Waals surface area contributed by atoms with E-state index in [-0.39, 0.29) is 23.4 Å². The first-order valence-electron chi connectivity index (χ1n) is 14.0. The van der Waals surface area contributed by atoms with Crippen molar-refractivity contribution >= 4 is 39.1 Å². The van der Waals surface area contributed by atoms with Gasteiger partial charge in [-0.3, -0.25) is 13.9 Å². The lowest BCUT2D eigenvalue weighted by Crippen LogP contribution is -2.53. The first-order chi connectivity index (χ1) is 19.5. The van der Waals surface area contributed by atoms with E-state index < -0.39 is 28.5 Å². The highest BCUT2D eigenvalue weighted by atomic mass is 35.5. The predicted octanol–water partition coefficient (Wildman–Crippen LogP) is 6.02. The third-order valence-corrected chi connectivity index (χ3v) is 9.60. The van der Waals surface area contributed by atoms with Crippen molar-refractivity contribution in [3.8, 4) is 0 Å². The minimum atomic E-state index is -4.10. The number of benzene rings is 3. The van der Waals surface area contributed by atoms with E-state index in [0.717, 1.165) is 53.1 Å². The number of hydrogen-bond donors (Lipinski definition) is 1. The Kier molecular flexibility index (Phi) is 10.1. The second-order valence-corrected chi connectivity index (χ2v) is 13.1. The van der Waals surface area contributed by atoms with Gasteiger partial charge in [0.05, 0.1) is 10.6 Å². The number of anilines is 1. The van der Waals surface area contributed by atoms with Crippen LogP contribution in [0, 0.1) is 13.8 Å². The number of aryl methyl sites for hydroxylation is 2. The minimum Gasteiger partial charge on any atom is -0.352 e. The molecule has 1 unspecified atom stereocenters. The molecule has 0 bridgehead atoms. The molecule has 0 saturated heterocycles. The van der Waals surface area contributed by atoms with Crippen LogP contribution in [0.5, 0.6) is 0 Å². The quantitative estimate of drug-likeness (QED) is 0.311. The summed E-state index contributed by atoms with van der Waals surface area (Å²) in [6, 6.07) is 19.9. The van der Waals surface area contributed by atoms with Crippen molar-refractivity contribution in [3.05, 3.63) is 94.5 Å². The van der Waals surface area contributed by atoms with Gasteiger partial charge in [0.2, 0.25) is 11.8 Å². The molecular weight excluding hydrogens is 558 g/mol. The lowest BCUT2D eigenvalue weighted by molar-refractivity contribution is -0.139. The summed E-state index contributed by atoms with van der Waals surface area (Å²) in [5, 5.41) is 3.68. The molecule has 218 valence electrons. The van der Waals surface area contributed by atoms with Crippen LogP contribution >= 0.6 is 11.6 Å². The Morgan fingerprint density at radius 2 is 1.59 bits per heavy atom. The SMILES string of the molecule is Cc1ccc(S(=O)(=O)N(CC(=O)N(Cc2ccc(Cl)cc2)C(C)C(=O)NC2CCCCC2)c2cccc(C)c2)cc1. The first-order valence-corrected chi connectivity index (χ1v) is 15.9. The van der Waals surface area contributed by atoms with Gasteiger partial charge in [-0.25, -0.2) is 8.42 Å². The molecule has 0 aromatic heterocycles. The van der Waals surface area contributed by atoms with Crippen molar-refractivity contribution in [2.24, 2.45) is 0 Å². The maximum absolute atomic E-state index is 14.1. The molecular formula is C32H38ClN3O4S. The average Bonchev–Trinajstić information content (AvgIpc) is 2.95. The highest BCUT2D eigenvalue weighted by Gasteiger charge is 2.33. The third-order valence-electron chi connectivity index (χ3n) is 7.56. The molecule has 1 aliphatic rings. The summed E-state index contributed by atoms with van der Waals surface area (Å²) < 4.78 is 29.0. The van der Waals surface area contributed by atoms with Gasteiger partial charge in [-0.1, -0.05) is 72.8 Å². The molecule has 1 N–H and O–H groups in total. The molecule has 3 aromatic carbocycles. The van der Waals surface area contributed by atoms with Crippen molar-refractivity contribution in [2.45, 2.75) is 76.4 Å². The molecule has 0 aliphatic heterocycles. The normalized spacial score (nSPS) is 14.7. The first kappa shape index (κ1) is 30.6. The second kappa shape index (κ2) is 13.5. The van der Waals surface area contributed by atoms with Crippen molar-refractivity contribution < 1.29 is 18.0 Å². The summed E-state index contributed by atoms with van der Waals surface area (Å²) >= 11 is 6.08. The van der Waals surface area contributed by atoms with Crippen molar-refractivity contribution in [1.29, 1.82) is 0 Å². The molecule has 0 spiro atoms. The topological polar surface area (TPSA) is 86.8 Å². The number of sulfonamides is 1. The third kappa shape index (κ3) is 7.89. The zero-order valence-corrected chi connectivity index (χ0v) is 25.4. The van der Waals surface area contributed by atoms with E-state index in [4.69, 9.17) is 11.6 Å². The van der Waals surface area contributed by atoms with Crippen molar-refractivity contribution in [1.82, 2.24) is 10.2 Å². The van der Waals surface area contributed by atoms with Gasteiger partial charge >= 0.3 is 0 Å². The average molecular weight is 596 g/mol. The molecule has 0 heterocycles. The molecule has 9 heteroatoms. The van der Waals surface area contributed by atoms with Crippen LogP contribution in [0.15, 0.2) is 77.7 Å². The van der Waals surface area contributed by atoms with Gasteiger partial charge in [0.15, 0.2) is 0 Å². The fourth-order valence-corrected chi connectivity index (χ4v) is 6.62. The van der Waals surface area contributed by atoms with Crippen LogP contribution in [0.2, 0.25) is 5.02 Å². The van der Waals surface area contributed by atoms with Gasteiger partial charge in [-0.2, -0.15) is 0 Å². The molecule has 0 radical (unpaired) electrons. The number of amides is 2. The van der Waals surface area contributed by atoms with E-state index in [1.807, 2.05) is 19.9 Å². The Hall–Kier alpha value is -3.36. The smallest absolute Gasteiger partial charge is 0.264 e. The Bertz CT molecular complexity index is 1450. The lowest BCUT2D eigenvalue weighted by Gasteiger charge is -2.33. The molecule has 7 nitrogen and oxygen atoms in total. The molecule has 1 saturated carbocycles. The van der Waals surface area contributed by atoms with Gasteiger partial charge in [0.25, 0.3) is 10.0 Å². The zero-order chi connectivity index (χ0) is 29.6. The van der Waals surface area contributed by atoms with E-state index in [9.17, 15) is 18.0 Å². The Morgan fingerprint density at radius 1 is 0.927 bits per heavy atom. The number of hydrogen-bond acceptors (Lipinski definition) is 4. The number of carbonyl (C=O) groups is 2. The summed E-state index contributed by atoms with van der Waals surface area (Å²) in [5.41, 5.74) is 2.94. The Balaban J connectivity index is 1.67. The van der Waals surface area contributed by atoms with Crippen LogP contribution in [-0.2, 0) is 26.2 Å². The van der Waals surface area contributed by atoms with Crippen LogP contribution in [0.25, 0.3) is 0 Å². The minimum absolute atomic E-state index is 0.0805. The van der Waals surface area contributed by atoms with Gasteiger partial charge < -0.3 is 10.2 Å². The fourth-order valence-electron chi connectivity index (χ4n) is 5.09. The molecule has 1 fully saturated rings. The van der Waals surface area contributed by atoms with Crippen LogP contribution < -0.4 is 9.62 Å². The van der Waals surface area contributed by atoms with Crippen molar-refractivity contribution in [2.75, 3.05) is 10.8 Å². The van der Waals surface area contributed by atoms with E-state index >= 15 is 0 Å². The van der Waals surface area contributed by atoms with E-state index in [1.54, 1.807) is 73.7 Å². The largest absolute Gasteiger partial charge is 0.352 e. The maximum Gasteiger partial charge on any atom is 0.264 e. The van der Waals surface area contributed by atoms with Gasteiger partial charge in [0.1, 0.15) is 12.6 Å². The van der Waals surface area contributed by atoms with E-state index in [1.165, 1.54) is 4.90 Å². The Labute approximate surface area is 248 Å². The molecule has 3 aromatic rings. The number of nitrogens with one attached hydrogen (secondary N) is 1. The highest BCUT2D eigenvalue weighted by molar-refractivity contribution is 7.92. The Morgan fingerprint density at radius 3 is 2.22 bits per heavy atom. The van der Waals surface area contributed by atoms with E-state index in [0.29, 0.717) is 10.7 Å². The molecule has 41 heavy (non-hydrogen) atoms. The molecule has 4 rings (SSSR count). The zero-order valence-electron chi connectivity index (χ0n) is 23.8. The number of carbonyl (C=O) groups excluding carboxylic acids is 2. The summed E-state index contributed by atoms with van der Waals surface area (Å²) in [6.07, 6.45) is 5.12. The predicted molar refractivity (Wildman–Crippen MR) is 163 cm³/mol. The molecule has 1 aliphatic carbocycles. The number of nitrogens with zero attached hydrogens (tertiary/aromatic N) is 2. The summed E-state index contributed by atoms with van der Waals surface area (Å²) in [7, 11) is -4.10. The molecule has 1 atom stereocenters. The second-order valence-electron chi connectivity index (χ2n) is 10.8. The summed E-state index contributed by atoms with van der Waals surface area (Å²) in [5.74, 6) is -0.730. The fraction of sp³-hybridized carbons (Fsp3) is 0.375. The van der Waals surface area contributed by atoms with E-state index in [2.05, 4.69) is 5.32 Å². The summed E-state index contributed by atoms with van der Waals surface area (Å²) in [6.45, 7) is 5.10. The maximum atomic E-state index is 14.1. The van der Waals surface area contributed by atoms with Gasteiger partial charge in [0, 0.05) is 17.6 Å². The molecule has 2 amide bonds. The standard InChI is InChI=1S/C32H38ClN3O4S/c1-23-12-18-30(19-13-23)41(39,40)36(29-11-7-8-24(2)20-29)22-31(37)35(21-26-14-16-27(33)17-15-26)25(3)32(38)34-28-9-5-4-6-10-28/h7-8,11-20,25,28H,4-6,9-10,21-22H2,1-3H3,(H,34,38). The lowest BCUT2D eigenvalue weighted by atomic mass is 9.95. The van der Waals surface area contributed by atoms with Crippen LogP contribution in [0.3, 0.4) is 0 Å². The van der Waals surface area contributed by atoms with Crippen molar-refractivity contribution in [3.63, 3.8) is 0 Å². The number of halogens is 1. The van der Waals surface area contributed by atoms with Gasteiger partial charge in [-0.05, 0) is 81.1 Å². The van der Waals surface area contributed by atoms with Crippen LogP contribution in [0.1, 0.15) is 55.7 Å². The van der Waals surface area contributed by atoms with Crippen LogP contribution in [0.4, 0.5) is 5.69 Å².